The van der Waals surface area contributed by atoms with Gasteiger partial charge in [0.1, 0.15) is 0 Å². The van der Waals surface area contributed by atoms with Gasteiger partial charge in [-0.15, -0.1) is 0 Å². The van der Waals surface area contributed by atoms with E-state index in [1.165, 1.54) is 24.1 Å². The van der Waals surface area contributed by atoms with Crippen LogP contribution in [0.15, 0.2) is 18.3 Å². The number of nitriles is 1. The normalized spacial score (nSPS) is 10.8. The summed E-state index contributed by atoms with van der Waals surface area (Å²) in [5, 5.41) is 8.42. The standard InChI is InChI=1S/C12H12F3N3O2/c1-18(6-2-5-16)11(19)9-3-4-10(17-7-9)20-8-12(13,14)15/h3-4,7H,2,6,8H2,1H3. The summed E-state index contributed by atoms with van der Waals surface area (Å²) in [4.78, 5) is 16.8. The summed E-state index contributed by atoms with van der Waals surface area (Å²) in [6, 6.07) is 4.42. The van der Waals surface area contributed by atoms with Crippen molar-refractivity contribution in [2.75, 3.05) is 20.2 Å². The van der Waals surface area contributed by atoms with E-state index >= 15 is 0 Å². The van der Waals surface area contributed by atoms with Crippen LogP contribution in [0.3, 0.4) is 0 Å². The fraction of sp³-hybridized carbons (Fsp3) is 0.417. The monoisotopic (exact) mass is 287 g/mol. The highest BCUT2D eigenvalue weighted by Crippen LogP contribution is 2.17. The van der Waals surface area contributed by atoms with Crippen molar-refractivity contribution in [3.63, 3.8) is 0 Å². The Morgan fingerprint density at radius 3 is 2.70 bits per heavy atom. The molecule has 0 spiro atoms. The molecule has 1 heterocycles. The molecule has 20 heavy (non-hydrogen) atoms. The fourth-order valence-corrected chi connectivity index (χ4v) is 1.29. The van der Waals surface area contributed by atoms with E-state index in [0.29, 0.717) is 0 Å². The number of hydrogen-bond donors (Lipinski definition) is 0. The van der Waals surface area contributed by atoms with Crippen molar-refractivity contribution in [2.45, 2.75) is 12.6 Å². The zero-order valence-electron chi connectivity index (χ0n) is 10.6. The molecule has 0 N–H and O–H groups in total. The van der Waals surface area contributed by atoms with Crippen LogP contribution in [0.5, 0.6) is 5.88 Å². The zero-order valence-corrected chi connectivity index (χ0v) is 10.6. The summed E-state index contributed by atoms with van der Waals surface area (Å²) >= 11 is 0. The SMILES string of the molecule is CN(CCC#N)C(=O)c1ccc(OCC(F)(F)F)nc1. The summed E-state index contributed by atoms with van der Waals surface area (Å²) in [6.45, 7) is -1.17. The van der Waals surface area contributed by atoms with E-state index in [0.717, 1.165) is 6.20 Å². The average Bonchev–Trinajstić information content (AvgIpc) is 2.41. The third kappa shape index (κ3) is 5.14. The number of nitrogens with zero attached hydrogens (tertiary/aromatic N) is 3. The maximum Gasteiger partial charge on any atom is 0.422 e. The molecule has 1 aromatic heterocycles. The molecule has 1 rings (SSSR count). The van der Waals surface area contributed by atoms with Gasteiger partial charge in [0.05, 0.1) is 18.1 Å². The molecule has 5 nitrogen and oxygen atoms in total. The molecule has 0 aliphatic rings. The van der Waals surface area contributed by atoms with Crippen molar-refractivity contribution < 1.29 is 22.7 Å². The quantitative estimate of drug-likeness (QED) is 0.831. The molecule has 1 aromatic rings. The van der Waals surface area contributed by atoms with Crippen molar-refractivity contribution in [2.24, 2.45) is 0 Å². The molecule has 8 heteroatoms. The van der Waals surface area contributed by atoms with E-state index < -0.39 is 12.8 Å². The Labute approximate surface area is 113 Å². The Balaban J connectivity index is 2.62. The van der Waals surface area contributed by atoms with Gasteiger partial charge in [-0.1, -0.05) is 0 Å². The first kappa shape index (κ1) is 15.8. The number of halogens is 3. The smallest absolute Gasteiger partial charge is 0.422 e. The highest BCUT2D eigenvalue weighted by atomic mass is 19.4. The number of carbonyl (C=O) groups is 1. The Morgan fingerprint density at radius 1 is 1.50 bits per heavy atom. The van der Waals surface area contributed by atoms with Crippen molar-refractivity contribution in [3.05, 3.63) is 23.9 Å². The van der Waals surface area contributed by atoms with Gasteiger partial charge in [-0.2, -0.15) is 18.4 Å². The molecule has 0 unspecified atom stereocenters. The summed E-state index contributed by atoms with van der Waals surface area (Å²) in [5.41, 5.74) is 0.213. The molecule has 108 valence electrons. The first-order valence-electron chi connectivity index (χ1n) is 5.61. The van der Waals surface area contributed by atoms with Crippen LogP contribution < -0.4 is 4.74 Å². The lowest BCUT2D eigenvalue weighted by Crippen LogP contribution is -2.27. The van der Waals surface area contributed by atoms with Crippen LogP contribution in [0.25, 0.3) is 0 Å². The van der Waals surface area contributed by atoms with Crippen LogP contribution in [0.1, 0.15) is 16.8 Å². The highest BCUT2D eigenvalue weighted by molar-refractivity contribution is 5.93. The van der Waals surface area contributed by atoms with Crippen molar-refractivity contribution in [3.8, 4) is 11.9 Å². The van der Waals surface area contributed by atoms with Gasteiger partial charge in [-0.3, -0.25) is 4.79 Å². The molecule has 0 atom stereocenters. The van der Waals surface area contributed by atoms with Crippen molar-refractivity contribution >= 4 is 5.91 Å². The number of hydrogen-bond acceptors (Lipinski definition) is 4. The van der Waals surface area contributed by atoms with Gasteiger partial charge in [0.2, 0.25) is 5.88 Å². The molecule has 1 amide bonds. The number of ether oxygens (including phenoxy) is 1. The molecular formula is C12H12F3N3O2. The second-order valence-electron chi connectivity index (χ2n) is 3.92. The Morgan fingerprint density at radius 2 is 2.20 bits per heavy atom. The molecule has 0 aromatic carbocycles. The van der Waals surface area contributed by atoms with E-state index in [2.05, 4.69) is 9.72 Å². The maximum atomic E-state index is 11.9. The summed E-state index contributed by atoms with van der Waals surface area (Å²) in [5.74, 6) is -0.575. The molecule has 0 fully saturated rings. The maximum absolute atomic E-state index is 11.9. The van der Waals surface area contributed by atoms with E-state index in [9.17, 15) is 18.0 Å². The van der Waals surface area contributed by atoms with Gasteiger partial charge in [-0.25, -0.2) is 4.98 Å². The van der Waals surface area contributed by atoms with Crippen molar-refractivity contribution in [1.82, 2.24) is 9.88 Å². The zero-order chi connectivity index (χ0) is 15.2. The van der Waals surface area contributed by atoms with Gasteiger partial charge >= 0.3 is 6.18 Å². The van der Waals surface area contributed by atoms with Crippen molar-refractivity contribution in [1.29, 1.82) is 5.26 Å². The van der Waals surface area contributed by atoms with E-state index in [1.807, 2.05) is 6.07 Å². The molecule has 0 radical (unpaired) electrons. The van der Waals surface area contributed by atoms with E-state index in [1.54, 1.807) is 0 Å². The van der Waals surface area contributed by atoms with Gasteiger partial charge < -0.3 is 9.64 Å². The predicted molar refractivity (Wildman–Crippen MR) is 63.0 cm³/mol. The lowest BCUT2D eigenvalue weighted by molar-refractivity contribution is -0.154. The number of aromatic nitrogens is 1. The largest absolute Gasteiger partial charge is 0.468 e. The van der Waals surface area contributed by atoms with Crippen LogP contribution >= 0.6 is 0 Å². The first-order valence-corrected chi connectivity index (χ1v) is 5.61. The summed E-state index contributed by atoms with van der Waals surface area (Å²) in [7, 11) is 1.52. The van der Waals surface area contributed by atoms with Crippen LogP contribution in [0, 0.1) is 11.3 Å². The Kier molecular flexibility index (Phi) is 5.32. The average molecular weight is 287 g/mol. The fourth-order valence-electron chi connectivity index (χ4n) is 1.29. The van der Waals surface area contributed by atoms with Crippen LogP contribution in [0.2, 0.25) is 0 Å². The lowest BCUT2D eigenvalue weighted by atomic mass is 10.2. The molecular weight excluding hydrogens is 275 g/mol. The molecule has 0 bridgehead atoms. The van der Waals surface area contributed by atoms with Crippen LogP contribution in [0.4, 0.5) is 13.2 Å². The highest BCUT2D eigenvalue weighted by Gasteiger charge is 2.28. The van der Waals surface area contributed by atoms with E-state index in [4.69, 9.17) is 5.26 Å². The lowest BCUT2D eigenvalue weighted by Gasteiger charge is -2.15. The molecule has 0 saturated heterocycles. The molecule has 0 aliphatic carbocycles. The van der Waals surface area contributed by atoms with Gasteiger partial charge in [0.25, 0.3) is 5.91 Å². The topological polar surface area (TPSA) is 66.2 Å². The number of alkyl halides is 3. The summed E-state index contributed by atoms with van der Waals surface area (Å²) < 4.78 is 40.2. The molecule has 0 saturated carbocycles. The second kappa shape index (κ2) is 6.75. The number of carbonyl (C=O) groups excluding carboxylic acids is 1. The number of rotatable bonds is 5. The minimum atomic E-state index is -4.44. The van der Waals surface area contributed by atoms with Crippen LogP contribution in [-0.2, 0) is 0 Å². The minimum Gasteiger partial charge on any atom is -0.468 e. The predicted octanol–water partition coefficient (Wildman–Crippen LogP) is 2.01. The number of amides is 1. The second-order valence-corrected chi connectivity index (χ2v) is 3.92. The third-order valence-corrected chi connectivity index (χ3v) is 2.27. The van der Waals surface area contributed by atoms with Crippen LogP contribution in [-0.4, -0.2) is 42.2 Å². The van der Waals surface area contributed by atoms with Gasteiger partial charge in [0.15, 0.2) is 6.61 Å². The van der Waals surface area contributed by atoms with Gasteiger partial charge in [-0.05, 0) is 6.07 Å². The third-order valence-electron chi connectivity index (χ3n) is 2.27. The summed E-state index contributed by atoms with van der Waals surface area (Å²) in [6.07, 6.45) is -3.10. The number of pyridine rings is 1. The Bertz CT molecular complexity index is 494. The molecule has 0 aliphatic heterocycles. The van der Waals surface area contributed by atoms with Gasteiger partial charge in [0, 0.05) is 25.9 Å². The minimum absolute atomic E-state index is 0.197. The Hall–Kier alpha value is -2.30. The first-order chi connectivity index (χ1) is 9.33. The van der Waals surface area contributed by atoms with E-state index in [-0.39, 0.29) is 30.3 Å².